The van der Waals surface area contributed by atoms with Crippen molar-refractivity contribution in [3.63, 3.8) is 0 Å². The van der Waals surface area contributed by atoms with Crippen LogP contribution in [0.3, 0.4) is 0 Å². The number of hydrogen-bond donors (Lipinski definition) is 0. The van der Waals surface area contributed by atoms with Gasteiger partial charge in [-0.15, -0.1) is 0 Å². The van der Waals surface area contributed by atoms with E-state index in [2.05, 4.69) is 12.3 Å². The van der Waals surface area contributed by atoms with Crippen LogP contribution < -0.4 is 5.56 Å². The normalized spacial score (nSPS) is 21.7. The summed E-state index contributed by atoms with van der Waals surface area (Å²) in [5, 5.41) is 0. The second kappa shape index (κ2) is 4.30. The lowest BCUT2D eigenvalue weighted by molar-refractivity contribution is 0.0685. The molecule has 3 heteroatoms. The van der Waals surface area contributed by atoms with Crippen LogP contribution in [0.25, 0.3) is 0 Å². The lowest BCUT2D eigenvalue weighted by Gasteiger charge is -2.25. The highest BCUT2D eigenvalue weighted by molar-refractivity contribution is 5.25. The molecule has 0 unspecified atom stereocenters. The Morgan fingerprint density at radius 2 is 1.94 bits per heavy atom. The molecule has 1 aliphatic carbocycles. The Balaban J connectivity index is 1.98. The number of aromatic nitrogens is 1. The third kappa shape index (κ3) is 2.16. The molecule has 1 aliphatic heterocycles. The van der Waals surface area contributed by atoms with E-state index in [4.69, 9.17) is 4.74 Å². The highest BCUT2D eigenvalue weighted by Gasteiger charge is 2.26. The number of nitrogens with zero attached hydrogens (tertiary/aromatic N) is 1. The Bertz CT molecular complexity index is 468. The van der Waals surface area contributed by atoms with E-state index in [-0.39, 0.29) is 5.56 Å². The van der Waals surface area contributed by atoms with Gasteiger partial charge in [0.1, 0.15) is 0 Å². The maximum atomic E-state index is 12.2. The topological polar surface area (TPSA) is 31.2 Å². The number of hydrogen-bond acceptors (Lipinski definition) is 2. The van der Waals surface area contributed by atoms with Gasteiger partial charge in [0.25, 0.3) is 5.56 Å². The second-order valence-electron chi connectivity index (χ2n) is 5.29. The van der Waals surface area contributed by atoms with Crippen LogP contribution in [0.2, 0.25) is 0 Å². The Hall–Kier alpha value is -1.09. The fourth-order valence-electron chi connectivity index (χ4n) is 2.65. The van der Waals surface area contributed by atoms with Crippen LogP contribution in [-0.2, 0) is 4.74 Å². The summed E-state index contributed by atoms with van der Waals surface area (Å²) >= 11 is 0. The largest absolute Gasteiger partial charge is 0.381 e. The maximum Gasteiger partial charge on any atom is 0.253 e. The molecule has 17 heavy (non-hydrogen) atoms. The van der Waals surface area contributed by atoms with E-state index in [1.807, 2.05) is 11.5 Å². The Labute approximate surface area is 101 Å². The zero-order valence-electron chi connectivity index (χ0n) is 10.3. The predicted octanol–water partition coefficient (Wildman–Crippen LogP) is 2.39. The van der Waals surface area contributed by atoms with Gasteiger partial charge >= 0.3 is 0 Å². The van der Waals surface area contributed by atoms with Gasteiger partial charge in [-0.05, 0) is 50.2 Å². The maximum absolute atomic E-state index is 12.2. The fraction of sp³-hybridized carbons (Fsp3) is 0.643. The highest BCUT2D eigenvalue weighted by atomic mass is 16.5. The zero-order chi connectivity index (χ0) is 11.8. The minimum absolute atomic E-state index is 0.182. The molecule has 1 aromatic rings. The third-order valence-electron chi connectivity index (χ3n) is 3.88. The van der Waals surface area contributed by atoms with Crippen molar-refractivity contribution in [2.75, 3.05) is 13.2 Å². The number of ether oxygens (including phenoxy) is 1. The van der Waals surface area contributed by atoms with E-state index in [1.54, 1.807) is 0 Å². The van der Waals surface area contributed by atoms with Gasteiger partial charge in [-0.3, -0.25) is 4.79 Å². The van der Waals surface area contributed by atoms with Gasteiger partial charge in [-0.25, -0.2) is 0 Å². The molecule has 92 valence electrons. The first-order chi connectivity index (χ1) is 8.25. The summed E-state index contributed by atoms with van der Waals surface area (Å²) < 4.78 is 7.33. The van der Waals surface area contributed by atoms with Crippen LogP contribution in [0.5, 0.6) is 0 Å². The molecule has 0 spiro atoms. The molecular formula is C14H19NO2. The van der Waals surface area contributed by atoms with Crippen LogP contribution in [0.15, 0.2) is 17.1 Å². The van der Waals surface area contributed by atoms with E-state index in [1.165, 1.54) is 18.4 Å². The van der Waals surface area contributed by atoms with Gasteiger partial charge in [-0.2, -0.15) is 0 Å². The molecule has 3 nitrogen and oxygen atoms in total. The monoisotopic (exact) mass is 233 g/mol. The molecule has 2 fully saturated rings. The van der Waals surface area contributed by atoms with E-state index in [0.717, 1.165) is 31.6 Å². The third-order valence-corrected chi connectivity index (χ3v) is 3.88. The summed E-state index contributed by atoms with van der Waals surface area (Å²) in [6, 6.07) is 2.42. The molecule has 0 aromatic carbocycles. The summed E-state index contributed by atoms with van der Waals surface area (Å²) in [7, 11) is 0. The van der Waals surface area contributed by atoms with Crippen molar-refractivity contribution < 1.29 is 4.74 Å². The first-order valence-electron chi connectivity index (χ1n) is 6.56. The summed E-state index contributed by atoms with van der Waals surface area (Å²) in [6.07, 6.45) is 6.60. The Morgan fingerprint density at radius 3 is 2.59 bits per heavy atom. The van der Waals surface area contributed by atoms with Gasteiger partial charge in [0.05, 0.1) is 0 Å². The van der Waals surface area contributed by atoms with Gasteiger partial charge in [-0.1, -0.05) is 0 Å². The van der Waals surface area contributed by atoms with Crippen LogP contribution in [0.1, 0.15) is 48.8 Å². The molecule has 0 atom stereocenters. The van der Waals surface area contributed by atoms with Crippen molar-refractivity contribution in [3.05, 3.63) is 33.7 Å². The molecule has 3 rings (SSSR count). The van der Waals surface area contributed by atoms with Crippen molar-refractivity contribution in [2.45, 2.75) is 44.6 Å². The fourth-order valence-corrected chi connectivity index (χ4v) is 2.65. The first-order valence-corrected chi connectivity index (χ1v) is 6.56. The van der Waals surface area contributed by atoms with Crippen LogP contribution in [-0.4, -0.2) is 17.8 Å². The smallest absolute Gasteiger partial charge is 0.253 e. The molecule has 1 saturated carbocycles. The molecular weight excluding hydrogens is 214 g/mol. The molecule has 2 heterocycles. The minimum atomic E-state index is 0.182. The zero-order valence-corrected chi connectivity index (χ0v) is 10.3. The summed E-state index contributed by atoms with van der Waals surface area (Å²) in [5.74, 6) is 0.709. The Morgan fingerprint density at radius 1 is 1.24 bits per heavy atom. The predicted molar refractivity (Wildman–Crippen MR) is 66.5 cm³/mol. The summed E-state index contributed by atoms with van der Waals surface area (Å²) in [6.45, 7) is 3.50. The van der Waals surface area contributed by atoms with E-state index >= 15 is 0 Å². The quantitative estimate of drug-likeness (QED) is 0.785. The molecule has 0 bridgehead atoms. The molecule has 0 N–H and O–H groups in total. The lowest BCUT2D eigenvalue weighted by Crippen LogP contribution is -2.30. The van der Waals surface area contributed by atoms with Crippen molar-refractivity contribution in [2.24, 2.45) is 0 Å². The number of pyridine rings is 1. The van der Waals surface area contributed by atoms with Gasteiger partial charge in [0, 0.05) is 31.0 Å². The van der Waals surface area contributed by atoms with E-state index in [9.17, 15) is 4.79 Å². The molecule has 0 amide bonds. The van der Waals surface area contributed by atoms with E-state index < -0.39 is 0 Å². The van der Waals surface area contributed by atoms with Crippen molar-refractivity contribution in [1.82, 2.24) is 4.57 Å². The standard InChI is InChI=1S/C14H19NO2/c1-10-8-12(11-2-3-11)9-15(14(10)16)13-4-6-17-7-5-13/h8-9,11,13H,2-7H2,1H3. The molecule has 2 aliphatic rings. The van der Waals surface area contributed by atoms with Crippen LogP contribution >= 0.6 is 0 Å². The molecule has 0 radical (unpaired) electrons. The number of rotatable bonds is 2. The second-order valence-corrected chi connectivity index (χ2v) is 5.29. The van der Waals surface area contributed by atoms with Crippen molar-refractivity contribution >= 4 is 0 Å². The average molecular weight is 233 g/mol. The first kappa shape index (κ1) is 11.0. The van der Waals surface area contributed by atoms with Crippen molar-refractivity contribution in [3.8, 4) is 0 Å². The average Bonchev–Trinajstić information content (AvgIpc) is 3.18. The Kier molecular flexibility index (Phi) is 2.79. The molecule has 1 aromatic heterocycles. The van der Waals surface area contributed by atoms with Gasteiger partial charge < -0.3 is 9.30 Å². The lowest BCUT2D eigenvalue weighted by atomic mass is 10.1. The summed E-state index contributed by atoms with van der Waals surface area (Å²) in [5.41, 5.74) is 2.43. The van der Waals surface area contributed by atoms with Crippen LogP contribution in [0.4, 0.5) is 0 Å². The van der Waals surface area contributed by atoms with Gasteiger partial charge in [0.2, 0.25) is 0 Å². The van der Waals surface area contributed by atoms with E-state index in [0.29, 0.717) is 12.0 Å². The van der Waals surface area contributed by atoms with Gasteiger partial charge in [0.15, 0.2) is 0 Å². The van der Waals surface area contributed by atoms with Crippen molar-refractivity contribution in [1.29, 1.82) is 0 Å². The molecule has 1 saturated heterocycles. The highest BCUT2D eigenvalue weighted by Crippen LogP contribution is 2.40. The SMILES string of the molecule is Cc1cc(C2CC2)cn(C2CCOCC2)c1=O. The number of aryl methyl sites for hydroxylation is 1. The van der Waals surface area contributed by atoms with Crippen LogP contribution in [0, 0.1) is 6.92 Å². The summed E-state index contributed by atoms with van der Waals surface area (Å²) in [4.78, 5) is 12.2. The minimum Gasteiger partial charge on any atom is -0.381 e.